The Morgan fingerprint density at radius 3 is 2.14 bits per heavy atom. The molecule has 2 aromatic carbocycles. The van der Waals surface area contributed by atoms with Gasteiger partial charge in [-0.25, -0.2) is 9.78 Å². The van der Waals surface area contributed by atoms with Crippen LogP contribution < -0.4 is 20.9 Å². The molecule has 0 spiro atoms. The first-order valence-corrected chi connectivity index (χ1v) is 14.8. The fraction of sp³-hybridized carbons (Fsp3) is 0.353. The number of methoxy groups -OCH3 is 1. The molecular weight excluding hydrogens is 542 g/mol. The van der Waals surface area contributed by atoms with Gasteiger partial charge in [0.25, 0.3) is 5.56 Å². The Kier molecular flexibility index (Phi) is 9.85. The number of ether oxygens (including phenoxy) is 1. The molecule has 0 aliphatic heterocycles. The Labute approximate surface area is 252 Å². The molecule has 9 nitrogen and oxygen atoms in total. The number of para-hydroxylation sites is 1. The molecule has 226 valence electrons. The van der Waals surface area contributed by atoms with Crippen molar-refractivity contribution >= 4 is 34.3 Å². The lowest BCUT2D eigenvalue weighted by atomic mass is 9.93. The molecule has 0 aliphatic rings. The van der Waals surface area contributed by atoms with E-state index in [9.17, 15) is 14.4 Å². The summed E-state index contributed by atoms with van der Waals surface area (Å²) in [5.41, 5.74) is 3.76. The normalized spacial score (nSPS) is 11.2. The van der Waals surface area contributed by atoms with Crippen LogP contribution in [0.25, 0.3) is 22.2 Å². The molecule has 0 unspecified atom stereocenters. The molecule has 2 aromatic heterocycles. The van der Waals surface area contributed by atoms with Gasteiger partial charge in [0.15, 0.2) is 0 Å². The van der Waals surface area contributed by atoms with Gasteiger partial charge in [-0.1, -0.05) is 58.0 Å². The second-order valence-electron chi connectivity index (χ2n) is 11.0. The van der Waals surface area contributed by atoms with E-state index < -0.39 is 11.6 Å². The molecule has 43 heavy (non-hydrogen) atoms. The molecule has 0 saturated heterocycles. The van der Waals surface area contributed by atoms with Crippen LogP contribution in [0, 0.1) is 0 Å². The zero-order valence-electron chi connectivity index (χ0n) is 26.0. The number of amides is 3. The first kappa shape index (κ1) is 31.3. The molecule has 0 radical (unpaired) electrons. The highest BCUT2D eigenvalue weighted by atomic mass is 16.5. The number of likely N-dealkylation sites (N-methyl/N-ethyl adjacent to an activating group) is 1. The van der Waals surface area contributed by atoms with Gasteiger partial charge in [-0.05, 0) is 66.6 Å². The zero-order chi connectivity index (χ0) is 31.3. The van der Waals surface area contributed by atoms with Crippen molar-refractivity contribution in [2.45, 2.75) is 59.9 Å². The monoisotopic (exact) mass is 583 g/mol. The Balaban J connectivity index is 1.92. The van der Waals surface area contributed by atoms with Gasteiger partial charge in [0.1, 0.15) is 23.6 Å². The number of carbonyl (C=O) groups excluding carboxylic acids is 2. The summed E-state index contributed by atoms with van der Waals surface area (Å²) in [6.07, 6.45) is 1.59. The molecule has 9 heteroatoms. The van der Waals surface area contributed by atoms with E-state index in [4.69, 9.17) is 4.74 Å². The Bertz CT molecular complexity index is 1660. The minimum absolute atomic E-state index is 0.0479. The molecule has 0 bridgehead atoms. The topological polar surface area (TPSA) is 106 Å². The van der Waals surface area contributed by atoms with Gasteiger partial charge in [-0.15, -0.1) is 0 Å². The number of fused-ring (bicyclic) bond motifs is 1. The molecule has 0 saturated carbocycles. The summed E-state index contributed by atoms with van der Waals surface area (Å²) in [7, 11) is 1.57. The van der Waals surface area contributed by atoms with Gasteiger partial charge < -0.3 is 20.3 Å². The maximum absolute atomic E-state index is 14.3. The summed E-state index contributed by atoms with van der Waals surface area (Å²) < 4.78 is 6.81. The highest BCUT2D eigenvalue weighted by Crippen LogP contribution is 2.36. The number of hydrogen-bond donors (Lipinski definition) is 2. The number of pyridine rings is 2. The van der Waals surface area contributed by atoms with Crippen LogP contribution in [0.3, 0.4) is 0 Å². The molecule has 2 N–H and O–H groups in total. The minimum atomic E-state index is -0.555. The maximum atomic E-state index is 14.3. The number of carbonyl (C=O) groups is 2. The summed E-state index contributed by atoms with van der Waals surface area (Å²) in [5.74, 6) is 0.710. The van der Waals surface area contributed by atoms with E-state index in [-0.39, 0.29) is 30.0 Å². The standard InChI is InChI=1S/C34H41N5O4/c1-8-38(9-2)28(40)20-39-32-27(17-12-18-35-32)29(23-13-10-14-24(19-23)43-7)31(33(39)41)37-34(42)36-30-25(21(3)4)15-11-16-26(30)22(5)6/h10-19,21-22H,8-9,20H2,1-7H3,(H2,36,37,42). The number of aromatic nitrogens is 2. The van der Waals surface area contributed by atoms with E-state index in [0.717, 1.165) is 16.8 Å². The first-order valence-electron chi connectivity index (χ1n) is 14.8. The van der Waals surface area contributed by atoms with E-state index in [1.807, 2.05) is 56.3 Å². The lowest BCUT2D eigenvalue weighted by Crippen LogP contribution is -2.38. The summed E-state index contributed by atoms with van der Waals surface area (Å²) in [6, 6.07) is 16.3. The third-order valence-electron chi connectivity index (χ3n) is 7.64. The maximum Gasteiger partial charge on any atom is 0.323 e. The van der Waals surface area contributed by atoms with Crippen molar-refractivity contribution in [2.75, 3.05) is 30.8 Å². The molecule has 3 amide bonds. The van der Waals surface area contributed by atoms with E-state index >= 15 is 0 Å². The summed E-state index contributed by atoms with van der Waals surface area (Å²) in [6.45, 7) is 12.9. The summed E-state index contributed by atoms with van der Waals surface area (Å²) in [4.78, 5) is 47.4. The van der Waals surface area contributed by atoms with Gasteiger partial charge in [0.05, 0.1) is 7.11 Å². The average molecular weight is 584 g/mol. The predicted octanol–water partition coefficient (Wildman–Crippen LogP) is 6.83. The Hall–Kier alpha value is -4.66. The van der Waals surface area contributed by atoms with Crippen LogP contribution >= 0.6 is 0 Å². The number of hydrogen-bond acceptors (Lipinski definition) is 5. The summed E-state index contributed by atoms with van der Waals surface area (Å²) in [5, 5.41) is 6.55. The van der Waals surface area contributed by atoms with Crippen LogP contribution in [-0.4, -0.2) is 46.6 Å². The third-order valence-corrected chi connectivity index (χ3v) is 7.64. The molecule has 2 heterocycles. The van der Waals surface area contributed by atoms with Crippen LogP contribution in [-0.2, 0) is 11.3 Å². The lowest BCUT2D eigenvalue weighted by molar-refractivity contribution is -0.131. The van der Waals surface area contributed by atoms with E-state index in [2.05, 4.69) is 43.3 Å². The molecule has 4 aromatic rings. The largest absolute Gasteiger partial charge is 0.497 e. The zero-order valence-corrected chi connectivity index (χ0v) is 26.0. The first-order chi connectivity index (χ1) is 20.6. The van der Waals surface area contributed by atoms with Gasteiger partial charge in [0, 0.05) is 35.9 Å². The molecule has 0 fully saturated rings. The number of anilines is 2. The van der Waals surface area contributed by atoms with Crippen LogP contribution in [0.1, 0.15) is 64.5 Å². The third kappa shape index (κ3) is 6.56. The van der Waals surface area contributed by atoms with Crippen LogP contribution in [0.5, 0.6) is 5.75 Å². The average Bonchev–Trinajstić information content (AvgIpc) is 2.99. The fourth-order valence-electron chi connectivity index (χ4n) is 5.39. The van der Waals surface area contributed by atoms with Gasteiger partial charge in [-0.3, -0.25) is 14.2 Å². The number of nitrogens with zero attached hydrogens (tertiary/aromatic N) is 3. The minimum Gasteiger partial charge on any atom is -0.497 e. The van der Waals surface area contributed by atoms with E-state index in [0.29, 0.717) is 41.0 Å². The number of rotatable bonds is 10. The number of urea groups is 1. The highest BCUT2D eigenvalue weighted by molar-refractivity contribution is 6.08. The van der Waals surface area contributed by atoms with Crippen molar-refractivity contribution in [1.29, 1.82) is 0 Å². The molecule has 4 rings (SSSR count). The van der Waals surface area contributed by atoms with Crippen molar-refractivity contribution in [3.8, 4) is 16.9 Å². The van der Waals surface area contributed by atoms with Crippen LogP contribution in [0.4, 0.5) is 16.2 Å². The van der Waals surface area contributed by atoms with Crippen molar-refractivity contribution in [3.63, 3.8) is 0 Å². The van der Waals surface area contributed by atoms with Crippen molar-refractivity contribution < 1.29 is 14.3 Å². The fourth-order valence-corrected chi connectivity index (χ4v) is 5.39. The molecule has 0 aliphatic carbocycles. The van der Waals surface area contributed by atoms with Crippen molar-refractivity contribution in [2.24, 2.45) is 0 Å². The van der Waals surface area contributed by atoms with Crippen molar-refractivity contribution in [1.82, 2.24) is 14.5 Å². The quantitative estimate of drug-likeness (QED) is 0.213. The van der Waals surface area contributed by atoms with E-state index in [1.54, 1.807) is 30.3 Å². The smallest absolute Gasteiger partial charge is 0.323 e. The second-order valence-corrected chi connectivity index (χ2v) is 11.0. The van der Waals surface area contributed by atoms with Crippen LogP contribution in [0.2, 0.25) is 0 Å². The highest BCUT2D eigenvalue weighted by Gasteiger charge is 2.24. The summed E-state index contributed by atoms with van der Waals surface area (Å²) >= 11 is 0. The number of benzene rings is 2. The number of nitrogens with one attached hydrogen (secondary N) is 2. The van der Waals surface area contributed by atoms with Gasteiger partial charge in [0.2, 0.25) is 5.91 Å². The lowest BCUT2D eigenvalue weighted by Gasteiger charge is -2.23. The Morgan fingerprint density at radius 1 is 0.907 bits per heavy atom. The van der Waals surface area contributed by atoms with E-state index in [1.165, 1.54) is 4.57 Å². The molecular formula is C34H41N5O4. The molecule has 0 atom stereocenters. The van der Waals surface area contributed by atoms with Crippen molar-refractivity contribution in [3.05, 3.63) is 82.3 Å². The Morgan fingerprint density at radius 2 is 1.53 bits per heavy atom. The van der Waals surface area contributed by atoms with Crippen LogP contribution in [0.15, 0.2) is 65.6 Å². The second kappa shape index (κ2) is 13.5. The SMILES string of the molecule is CCN(CC)C(=O)Cn1c(=O)c(NC(=O)Nc2c(C(C)C)cccc2C(C)C)c(-c2cccc(OC)c2)c2cccnc21. The predicted molar refractivity (Wildman–Crippen MR) is 173 cm³/mol. The van der Waals surface area contributed by atoms with Gasteiger partial charge >= 0.3 is 6.03 Å². The van der Waals surface area contributed by atoms with Gasteiger partial charge in [-0.2, -0.15) is 0 Å².